The highest BCUT2D eigenvalue weighted by Crippen LogP contribution is 2.27. The van der Waals surface area contributed by atoms with Gasteiger partial charge < -0.3 is 14.0 Å². The Morgan fingerprint density at radius 3 is 2.59 bits per heavy atom. The van der Waals surface area contributed by atoms with Gasteiger partial charge in [-0.25, -0.2) is 0 Å². The molecule has 1 aromatic heterocycles. The summed E-state index contributed by atoms with van der Waals surface area (Å²) in [7, 11) is 1.65. The van der Waals surface area contributed by atoms with Crippen LogP contribution in [-0.2, 0) is 11.3 Å². The zero-order valence-corrected chi connectivity index (χ0v) is 14.6. The molecule has 0 saturated heterocycles. The highest BCUT2D eigenvalue weighted by molar-refractivity contribution is 9.10. The summed E-state index contributed by atoms with van der Waals surface area (Å²) in [5, 5.41) is 0. The third-order valence-electron chi connectivity index (χ3n) is 3.47. The van der Waals surface area contributed by atoms with E-state index in [4.69, 9.17) is 9.47 Å². The quantitative estimate of drug-likeness (QED) is 0.733. The van der Waals surface area contributed by atoms with Gasteiger partial charge in [0.05, 0.1) is 16.8 Å². The topological polar surface area (TPSA) is 40.5 Å². The van der Waals surface area contributed by atoms with E-state index in [0.29, 0.717) is 24.2 Å². The average molecular weight is 366 g/mol. The normalized spacial score (nSPS) is 10.7. The Morgan fingerprint density at radius 2 is 1.95 bits per heavy atom. The molecule has 5 heteroatoms. The molecule has 2 aromatic rings. The van der Waals surface area contributed by atoms with Crippen LogP contribution < -0.4 is 10.3 Å². The number of hydrogen-bond acceptors (Lipinski definition) is 3. The molecule has 0 spiro atoms. The lowest BCUT2D eigenvalue weighted by Gasteiger charge is -2.15. The van der Waals surface area contributed by atoms with Gasteiger partial charge in [0, 0.05) is 19.2 Å². The van der Waals surface area contributed by atoms with E-state index in [0.717, 1.165) is 22.6 Å². The van der Waals surface area contributed by atoms with Gasteiger partial charge in [-0.3, -0.25) is 4.79 Å². The molecule has 22 heavy (non-hydrogen) atoms. The molecule has 1 aromatic carbocycles. The lowest BCUT2D eigenvalue weighted by Crippen LogP contribution is -2.21. The minimum absolute atomic E-state index is 0.0141. The van der Waals surface area contributed by atoms with E-state index in [1.807, 2.05) is 38.1 Å². The maximum atomic E-state index is 12.2. The maximum absolute atomic E-state index is 12.2. The first-order valence-corrected chi connectivity index (χ1v) is 8.00. The van der Waals surface area contributed by atoms with Crippen molar-refractivity contribution in [3.05, 3.63) is 50.7 Å². The van der Waals surface area contributed by atoms with Crippen molar-refractivity contribution < 1.29 is 9.47 Å². The van der Waals surface area contributed by atoms with E-state index < -0.39 is 0 Å². The van der Waals surface area contributed by atoms with Crippen LogP contribution in [0.25, 0.3) is 11.3 Å². The number of nitrogens with zero attached hydrogens (tertiary/aromatic N) is 1. The van der Waals surface area contributed by atoms with Crippen LogP contribution in [0, 0.1) is 6.92 Å². The van der Waals surface area contributed by atoms with Gasteiger partial charge in [-0.05, 0) is 65.7 Å². The SMILES string of the molecule is CCn1c(-c2ccc(OCCOC)cc2C)ccc(Br)c1=O. The van der Waals surface area contributed by atoms with E-state index in [1.54, 1.807) is 17.7 Å². The predicted octanol–water partition coefficient (Wildman–Crippen LogP) is 3.63. The number of benzene rings is 1. The molecule has 0 atom stereocenters. The Hall–Kier alpha value is -1.59. The van der Waals surface area contributed by atoms with Crippen molar-refractivity contribution in [1.29, 1.82) is 0 Å². The first-order chi connectivity index (χ1) is 10.6. The van der Waals surface area contributed by atoms with Gasteiger partial charge in [0.1, 0.15) is 12.4 Å². The van der Waals surface area contributed by atoms with Gasteiger partial charge in [0.25, 0.3) is 5.56 Å². The number of rotatable bonds is 6. The number of methoxy groups -OCH3 is 1. The van der Waals surface area contributed by atoms with Gasteiger partial charge in [0.2, 0.25) is 0 Å². The summed E-state index contributed by atoms with van der Waals surface area (Å²) < 4.78 is 12.9. The largest absolute Gasteiger partial charge is 0.491 e. The van der Waals surface area contributed by atoms with E-state index in [-0.39, 0.29) is 5.56 Å². The van der Waals surface area contributed by atoms with Gasteiger partial charge in [-0.2, -0.15) is 0 Å². The summed E-state index contributed by atoms with van der Waals surface area (Å²) in [5.41, 5.74) is 3.00. The summed E-state index contributed by atoms with van der Waals surface area (Å²) in [6.07, 6.45) is 0. The predicted molar refractivity (Wildman–Crippen MR) is 91.6 cm³/mol. The van der Waals surface area contributed by atoms with E-state index in [1.165, 1.54) is 0 Å². The molecule has 0 N–H and O–H groups in total. The molecule has 0 amide bonds. The van der Waals surface area contributed by atoms with Crippen molar-refractivity contribution in [2.75, 3.05) is 20.3 Å². The summed E-state index contributed by atoms with van der Waals surface area (Å²) in [6, 6.07) is 9.66. The molecule has 0 bridgehead atoms. The molecule has 0 fully saturated rings. The fraction of sp³-hybridized carbons (Fsp3) is 0.353. The molecule has 118 valence electrons. The average Bonchev–Trinajstić information content (AvgIpc) is 2.51. The number of pyridine rings is 1. The first kappa shape index (κ1) is 16.8. The molecule has 4 nitrogen and oxygen atoms in total. The zero-order chi connectivity index (χ0) is 16.1. The number of aryl methyl sites for hydroxylation is 1. The second-order valence-electron chi connectivity index (χ2n) is 4.93. The molecule has 0 aliphatic rings. The lowest BCUT2D eigenvalue weighted by atomic mass is 10.0. The van der Waals surface area contributed by atoms with Crippen molar-refractivity contribution in [3.8, 4) is 17.0 Å². The minimum atomic E-state index is -0.0141. The molecule has 1 heterocycles. The van der Waals surface area contributed by atoms with Crippen LogP contribution in [0.15, 0.2) is 39.6 Å². The Balaban J connectivity index is 2.38. The molecular weight excluding hydrogens is 346 g/mol. The Morgan fingerprint density at radius 1 is 1.18 bits per heavy atom. The van der Waals surface area contributed by atoms with Crippen LogP contribution in [0.5, 0.6) is 5.75 Å². The van der Waals surface area contributed by atoms with Crippen LogP contribution in [0.2, 0.25) is 0 Å². The molecule has 0 unspecified atom stereocenters. The second-order valence-corrected chi connectivity index (χ2v) is 5.79. The summed E-state index contributed by atoms with van der Waals surface area (Å²) >= 11 is 3.29. The van der Waals surface area contributed by atoms with Crippen molar-refractivity contribution in [2.24, 2.45) is 0 Å². The fourth-order valence-corrected chi connectivity index (χ4v) is 2.70. The Bertz CT molecular complexity index is 710. The van der Waals surface area contributed by atoms with Crippen LogP contribution in [0.4, 0.5) is 0 Å². The highest BCUT2D eigenvalue weighted by Gasteiger charge is 2.10. The third kappa shape index (κ3) is 3.59. The van der Waals surface area contributed by atoms with Crippen LogP contribution in [0.3, 0.4) is 0 Å². The lowest BCUT2D eigenvalue weighted by molar-refractivity contribution is 0.146. The molecule has 0 aliphatic carbocycles. The van der Waals surface area contributed by atoms with Crippen LogP contribution in [0.1, 0.15) is 12.5 Å². The number of aromatic nitrogens is 1. The van der Waals surface area contributed by atoms with Crippen molar-refractivity contribution >= 4 is 15.9 Å². The van der Waals surface area contributed by atoms with E-state index >= 15 is 0 Å². The third-order valence-corrected chi connectivity index (χ3v) is 4.08. The number of halogens is 1. The highest BCUT2D eigenvalue weighted by atomic mass is 79.9. The summed E-state index contributed by atoms with van der Waals surface area (Å²) in [5.74, 6) is 0.806. The van der Waals surface area contributed by atoms with Gasteiger partial charge in [-0.15, -0.1) is 0 Å². The minimum Gasteiger partial charge on any atom is -0.491 e. The summed E-state index contributed by atoms with van der Waals surface area (Å²) in [4.78, 5) is 12.2. The van der Waals surface area contributed by atoms with Crippen molar-refractivity contribution in [3.63, 3.8) is 0 Å². The van der Waals surface area contributed by atoms with Gasteiger partial charge >= 0.3 is 0 Å². The van der Waals surface area contributed by atoms with Crippen molar-refractivity contribution in [1.82, 2.24) is 4.57 Å². The first-order valence-electron chi connectivity index (χ1n) is 7.20. The zero-order valence-electron chi connectivity index (χ0n) is 13.1. The van der Waals surface area contributed by atoms with Gasteiger partial charge in [0.15, 0.2) is 0 Å². The van der Waals surface area contributed by atoms with E-state index in [9.17, 15) is 4.79 Å². The second kappa shape index (κ2) is 7.61. The molecular formula is C17H20BrNO3. The monoisotopic (exact) mass is 365 g/mol. The molecule has 0 radical (unpaired) electrons. The van der Waals surface area contributed by atoms with Crippen LogP contribution in [-0.4, -0.2) is 24.9 Å². The Labute approximate surface area is 138 Å². The molecule has 2 rings (SSSR count). The molecule has 0 saturated carbocycles. The standard InChI is InChI=1S/C17H20BrNO3/c1-4-19-16(8-7-15(18)17(19)20)14-6-5-13(11-12(14)2)22-10-9-21-3/h5-8,11H,4,9-10H2,1-3H3. The van der Waals surface area contributed by atoms with Crippen LogP contribution >= 0.6 is 15.9 Å². The molecule has 0 aliphatic heterocycles. The summed E-state index contributed by atoms with van der Waals surface area (Å²) in [6.45, 7) is 5.69. The fourth-order valence-electron chi connectivity index (χ4n) is 2.36. The van der Waals surface area contributed by atoms with Crippen molar-refractivity contribution in [2.45, 2.75) is 20.4 Å². The number of hydrogen-bond donors (Lipinski definition) is 0. The maximum Gasteiger partial charge on any atom is 0.265 e. The van der Waals surface area contributed by atoms with Gasteiger partial charge in [-0.1, -0.05) is 0 Å². The van der Waals surface area contributed by atoms with E-state index in [2.05, 4.69) is 15.9 Å². The Kier molecular flexibility index (Phi) is 5.80. The smallest absolute Gasteiger partial charge is 0.265 e. The number of ether oxygens (including phenoxy) is 2.